The predicted molar refractivity (Wildman–Crippen MR) is 103 cm³/mol. The molecule has 4 nitrogen and oxygen atoms in total. The van der Waals surface area contributed by atoms with Gasteiger partial charge in [0.2, 0.25) is 0 Å². The van der Waals surface area contributed by atoms with Crippen molar-refractivity contribution in [3.05, 3.63) is 58.7 Å². The first-order chi connectivity index (χ1) is 11.8. The second-order valence-electron chi connectivity index (χ2n) is 6.56. The molecule has 0 aliphatic heterocycles. The van der Waals surface area contributed by atoms with Crippen LogP contribution in [-0.2, 0) is 16.0 Å². The summed E-state index contributed by atoms with van der Waals surface area (Å²) < 4.78 is 0. The van der Waals surface area contributed by atoms with Crippen molar-refractivity contribution in [3.8, 4) is 0 Å². The van der Waals surface area contributed by atoms with E-state index in [0.29, 0.717) is 0 Å². The SMILES string of the molecule is CCc1cccc(C)c1NC(=O)C(=O)Nc1c(C)cccc1C(C)C. The molecule has 0 unspecified atom stereocenters. The smallest absolute Gasteiger partial charge is 0.314 e. The van der Waals surface area contributed by atoms with Crippen molar-refractivity contribution in [2.24, 2.45) is 0 Å². The topological polar surface area (TPSA) is 58.2 Å². The van der Waals surface area contributed by atoms with Gasteiger partial charge in [-0.15, -0.1) is 0 Å². The summed E-state index contributed by atoms with van der Waals surface area (Å²) in [6, 6.07) is 11.7. The van der Waals surface area contributed by atoms with Crippen LogP contribution >= 0.6 is 0 Å². The van der Waals surface area contributed by atoms with E-state index in [2.05, 4.69) is 24.5 Å². The summed E-state index contributed by atoms with van der Waals surface area (Å²) in [6.07, 6.45) is 0.786. The number of carbonyl (C=O) groups is 2. The van der Waals surface area contributed by atoms with Gasteiger partial charge in [0.25, 0.3) is 0 Å². The molecule has 0 aromatic heterocycles. The minimum Gasteiger partial charge on any atom is -0.317 e. The number of carbonyl (C=O) groups excluding carboxylic acids is 2. The third kappa shape index (κ3) is 4.27. The van der Waals surface area contributed by atoms with Crippen molar-refractivity contribution >= 4 is 23.2 Å². The number of hydrogen-bond donors (Lipinski definition) is 2. The quantitative estimate of drug-likeness (QED) is 0.803. The Kier molecular flexibility index (Phi) is 5.97. The van der Waals surface area contributed by atoms with Crippen LogP contribution in [0.1, 0.15) is 48.9 Å². The summed E-state index contributed by atoms with van der Waals surface area (Å²) in [7, 11) is 0. The van der Waals surface area contributed by atoms with Crippen LogP contribution in [-0.4, -0.2) is 11.8 Å². The second kappa shape index (κ2) is 7.97. The van der Waals surface area contributed by atoms with E-state index in [4.69, 9.17) is 0 Å². The van der Waals surface area contributed by atoms with Gasteiger partial charge in [-0.3, -0.25) is 9.59 Å². The van der Waals surface area contributed by atoms with E-state index < -0.39 is 11.8 Å². The number of anilines is 2. The Balaban J connectivity index is 2.22. The zero-order chi connectivity index (χ0) is 18.6. The molecule has 2 N–H and O–H groups in total. The predicted octanol–water partition coefficient (Wildman–Crippen LogP) is 4.57. The second-order valence-corrected chi connectivity index (χ2v) is 6.56. The van der Waals surface area contributed by atoms with Crippen LogP contribution < -0.4 is 10.6 Å². The Morgan fingerprint density at radius 2 is 1.40 bits per heavy atom. The minimum atomic E-state index is -0.651. The third-order valence-corrected chi connectivity index (χ3v) is 4.35. The van der Waals surface area contributed by atoms with Crippen LogP contribution in [0.4, 0.5) is 11.4 Å². The molecular weight excluding hydrogens is 312 g/mol. The molecule has 0 aliphatic rings. The molecule has 132 valence electrons. The lowest BCUT2D eigenvalue weighted by molar-refractivity contribution is -0.133. The molecule has 0 saturated heterocycles. The van der Waals surface area contributed by atoms with Crippen LogP contribution in [0.5, 0.6) is 0 Å². The molecular formula is C21H26N2O2. The molecule has 2 rings (SSSR count). The molecule has 2 aromatic carbocycles. The van der Waals surface area contributed by atoms with Gasteiger partial charge in [0.05, 0.1) is 0 Å². The van der Waals surface area contributed by atoms with Gasteiger partial charge in [0, 0.05) is 11.4 Å². The van der Waals surface area contributed by atoms with Crippen LogP contribution in [0.15, 0.2) is 36.4 Å². The Hall–Kier alpha value is -2.62. The van der Waals surface area contributed by atoms with Gasteiger partial charge in [-0.1, -0.05) is 57.2 Å². The normalized spacial score (nSPS) is 10.6. The van der Waals surface area contributed by atoms with E-state index in [9.17, 15) is 9.59 Å². The Morgan fingerprint density at radius 1 is 0.880 bits per heavy atom. The summed E-state index contributed by atoms with van der Waals surface area (Å²) >= 11 is 0. The van der Waals surface area contributed by atoms with Gasteiger partial charge >= 0.3 is 11.8 Å². The Labute approximate surface area is 149 Å². The molecule has 0 bridgehead atoms. The van der Waals surface area contributed by atoms with Crippen molar-refractivity contribution in [3.63, 3.8) is 0 Å². The van der Waals surface area contributed by atoms with Crippen molar-refractivity contribution in [1.29, 1.82) is 0 Å². The van der Waals surface area contributed by atoms with E-state index in [1.165, 1.54) is 0 Å². The summed E-state index contributed by atoms with van der Waals surface area (Å²) in [5, 5.41) is 5.55. The van der Waals surface area contributed by atoms with E-state index in [0.717, 1.165) is 40.0 Å². The highest BCUT2D eigenvalue weighted by Crippen LogP contribution is 2.27. The molecule has 0 radical (unpaired) electrons. The Bertz CT molecular complexity index is 794. The molecule has 4 heteroatoms. The summed E-state index contributed by atoms with van der Waals surface area (Å²) in [5.74, 6) is -1.05. The van der Waals surface area contributed by atoms with Gasteiger partial charge in [-0.2, -0.15) is 0 Å². The highest BCUT2D eigenvalue weighted by molar-refractivity contribution is 6.44. The molecule has 0 spiro atoms. The van der Waals surface area contributed by atoms with Crippen molar-refractivity contribution in [2.45, 2.75) is 47.0 Å². The van der Waals surface area contributed by atoms with Crippen molar-refractivity contribution < 1.29 is 9.59 Å². The number of rotatable bonds is 4. The number of aryl methyl sites for hydroxylation is 3. The molecule has 0 heterocycles. The lowest BCUT2D eigenvalue weighted by atomic mass is 9.98. The van der Waals surface area contributed by atoms with Crippen LogP contribution in [0.2, 0.25) is 0 Å². The van der Waals surface area contributed by atoms with Gasteiger partial charge in [0.1, 0.15) is 0 Å². The number of benzene rings is 2. The van der Waals surface area contributed by atoms with Gasteiger partial charge in [-0.05, 0) is 48.4 Å². The molecule has 2 aromatic rings. The first kappa shape index (κ1) is 18.7. The number of nitrogens with one attached hydrogen (secondary N) is 2. The zero-order valence-corrected chi connectivity index (χ0v) is 15.6. The lowest BCUT2D eigenvalue weighted by Crippen LogP contribution is -2.30. The van der Waals surface area contributed by atoms with Gasteiger partial charge < -0.3 is 10.6 Å². The molecule has 0 atom stereocenters. The monoisotopic (exact) mass is 338 g/mol. The average molecular weight is 338 g/mol. The van der Waals surface area contributed by atoms with Crippen LogP contribution in [0.3, 0.4) is 0 Å². The molecule has 2 amide bonds. The largest absolute Gasteiger partial charge is 0.317 e. The summed E-state index contributed by atoms with van der Waals surface area (Å²) in [5.41, 5.74) is 5.36. The van der Waals surface area contributed by atoms with Gasteiger partial charge in [-0.25, -0.2) is 0 Å². The maximum atomic E-state index is 12.4. The fourth-order valence-electron chi connectivity index (χ4n) is 2.88. The van der Waals surface area contributed by atoms with E-state index in [1.54, 1.807) is 0 Å². The van der Waals surface area contributed by atoms with E-state index in [-0.39, 0.29) is 5.92 Å². The maximum absolute atomic E-state index is 12.4. The molecule has 25 heavy (non-hydrogen) atoms. The molecule has 0 aliphatic carbocycles. The average Bonchev–Trinajstić information content (AvgIpc) is 2.57. The van der Waals surface area contributed by atoms with Crippen LogP contribution in [0, 0.1) is 13.8 Å². The zero-order valence-electron chi connectivity index (χ0n) is 15.6. The fourth-order valence-corrected chi connectivity index (χ4v) is 2.88. The summed E-state index contributed by atoms with van der Waals surface area (Å²) in [6.45, 7) is 9.99. The van der Waals surface area contributed by atoms with Gasteiger partial charge in [0.15, 0.2) is 0 Å². The first-order valence-electron chi connectivity index (χ1n) is 8.65. The minimum absolute atomic E-state index is 0.251. The van der Waals surface area contributed by atoms with E-state index >= 15 is 0 Å². The van der Waals surface area contributed by atoms with Crippen molar-refractivity contribution in [2.75, 3.05) is 10.6 Å². The first-order valence-corrected chi connectivity index (χ1v) is 8.65. The number of para-hydroxylation sites is 2. The van der Waals surface area contributed by atoms with E-state index in [1.807, 2.05) is 57.2 Å². The van der Waals surface area contributed by atoms with Crippen LogP contribution in [0.25, 0.3) is 0 Å². The number of amides is 2. The Morgan fingerprint density at radius 3 is 1.96 bits per heavy atom. The molecule has 0 saturated carbocycles. The third-order valence-electron chi connectivity index (χ3n) is 4.35. The highest BCUT2D eigenvalue weighted by atomic mass is 16.2. The lowest BCUT2D eigenvalue weighted by Gasteiger charge is -2.17. The highest BCUT2D eigenvalue weighted by Gasteiger charge is 2.19. The number of hydrogen-bond acceptors (Lipinski definition) is 2. The summed E-state index contributed by atoms with van der Waals surface area (Å²) in [4.78, 5) is 24.8. The van der Waals surface area contributed by atoms with Crippen molar-refractivity contribution in [1.82, 2.24) is 0 Å². The molecule has 0 fully saturated rings. The maximum Gasteiger partial charge on any atom is 0.314 e. The standard InChI is InChI=1S/C21H26N2O2/c1-6-16-11-7-9-14(4)18(16)22-20(24)21(25)23-19-15(5)10-8-12-17(19)13(2)3/h7-13H,6H2,1-5H3,(H,22,24)(H,23,25). The fraction of sp³-hybridized carbons (Fsp3) is 0.333.